The highest BCUT2D eigenvalue weighted by molar-refractivity contribution is 5.41. The second-order valence-corrected chi connectivity index (χ2v) is 3.32. The number of rotatable bonds is 0. The van der Waals surface area contributed by atoms with Crippen molar-refractivity contribution in [2.45, 2.75) is 26.2 Å². The molecule has 0 spiro atoms. The lowest BCUT2D eigenvalue weighted by Gasteiger charge is -2.15. The number of hydrogen-bond donors (Lipinski definition) is 1. The molecule has 1 aliphatic carbocycles. The van der Waals surface area contributed by atoms with Crippen molar-refractivity contribution in [2.75, 3.05) is 5.73 Å². The Labute approximate surface area is 65.6 Å². The van der Waals surface area contributed by atoms with E-state index in [4.69, 9.17) is 10.3 Å². The van der Waals surface area contributed by atoms with Crippen LogP contribution in [0.4, 0.5) is 5.82 Å². The second kappa shape index (κ2) is 2.26. The predicted molar refractivity (Wildman–Crippen MR) is 42.1 cm³/mol. The molecule has 0 aliphatic heterocycles. The molecule has 60 valence electrons. The molecule has 2 rings (SSSR count). The summed E-state index contributed by atoms with van der Waals surface area (Å²) in [5.74, 6) is 2.32. The zero-order chi connectivity index (χ0) is 7.84. The van der Waals surface area contributed by atoms with Gasteiger partial charge in [0.05, 0.1) is 0 Å². The van der Waals surface area contributed by atoms with Crippen LogP contribution in [0, 0.1) is 5.92 Å². The smallest absolute Gasteiger partial charge is 0.170 e. The summed E-state index contributed by atoms with van der Waals surface area (Å²) in [4.78, 5) is 0. The lowest BCUT2D eigenvalue weighted by atomic mass is 9.89. The van der Waals surface area contributed by atoms with Crippen LogP contribution in [0.3, 0.4) is 0 Å². The van der Waals surface area contributed by atoms with Gasteiger partial charge >= 0.3 is 0 Å². The largest absolute Gasteiger partial charge is 0.381 e. The fraction of sp³-hybridized carbons (Fsp3) is 0.625. The molecule has 0 aromatic carbocycles. The van der Waals surface area contributed by atoms with E-state index < -0.39 is 0 Å². The van der Waals surface area contributed by atoms with Gasteiger partial charge in [0.15, 0.2) is 5.82 Å². The number of nitrogens with zero attached hydrogens (tertiary/aromatic N) is 1. The molecule has 3 nitrogen and oxygen atoms in total. The molecule has 1 heterocycles. The maximum Gasteiger partial charge on any atom is 0.170 e. The molecule has 1 aromatic heterocycles. The van der Waals surface area contributed by atoms with Crippen LogP contribution in [-0.2, 0) is 12.8 Å². The van der Waals surface area contributed by atoms with E-state index in [1.54, 1.807) is 0 Å². The van der Waals surface area contributed by atoms with E-state index in [0.29, 0.717) is 5.82 Å². The molecule has 2 N–H and O–H groups in total. The third-order valence-corrected chi connectivity index (χ3v) is 2.32. The fourth-order valence-electron chi connectivity index (χ4n) is 1.60. The molecule has 11 heavy (non-hydrogen) atoms. The van der Waals surface area contributed by atoms with Gasteiger partial charge in [0.1, 0.15) is 5.76 Å². The molecule has 3 heteroatoms. The fourth-order valence-corrected chi connectivity index (χ4v) is 1.60. The van der Waals surface area contributed by atoms with Crippen LogP contribution in [0.2, 0.25) is 0 Å². The van der Waals surface area contributed by atoms with Gasteiger partial charge in [-0.3, -0.25) is 0 Å². The van der Waals surface area contributed by atoms with Gasteiger partial charge in [0.2, 0.25) is 0 Å². The number of aryl methyl sites for hydroxylation is 1. The highest BCUT2D eigenvalue weighted by atomic mass is 16.5. The van der Waals surface area contributed by atoms with Crippen molar-refractivity contribution in [1.29, 1.82) is 0 Å². The molecule has 0 bridgehead atoms. The van der Waals surface area contributed by atoms with Gasteiger partial charge in [-0.2, -0.15) is 0 Å². The van der Waals surface area contributed by atoms with E-state index >= 15 is 0 Å². The monoisotopic (exact) mass is 152 g/mol. The highest BCUT2D eigenvalue weighted by Gasteiger charge is 2.21. The Morgan fingerprint density at radius 2 is 2.45 bits per heavy atom. The lowest BCUT2D eigenvalue weighted by Crippen LogP contribution is -2.10. The van der Waals surface area contributed by atoms with E-state index in [0.717, 1.165) is 30.1 Å². The van der Waals surface area contributed by atoms with Crippen LogP contribution in [-0.4, -0.2) is 5.16 Å². The molecule has 1 atom stereocenters. The first kappa shape index (κ1) is 6.70. The first-order chi connectivity index (χ1) is 5.27. The van der Waals surface area contributed by atoms with Gasteiger partial charge in [-0.15, -0.1) is 0 Å². The minimum absolute atomic E-state index is 0.589. The Morgan fingerprint density at radius 3 is 3.27 bits per heavy atom. The maximum absolute atomic E-state index is 5.62. The molecule has 0 amide bonds. The summed E-state index contributed by atoms with van der Waals surface area (Å²) in [6.45, 7) is 2.23. The van der Waals surface area contributed by atoms with Crippen molar-refractivity contribution in [3.05, 3.63) is 11.3 Å². The van der Waals surface area contributed by atoms with Gasteiger partial charge in [-0.05, 0) is 18.8 Å². The van der Waals surface area contributed by atoms with E-state index in [2.05, 4.69) is 12.1 Å². The summed E-state index contributed by atoms with van der Waals surface area (Å²) < 4.78 is 5.06. The SMILES string of the molecule is CC1CCc2onc(N)c2C1. The topological polar surface area (TPSA) is 52.0 Å². The van der Waals surface area contributed by atoms with Crippen LogP contribution in [0.5, 0.6) is 0 Å². The first-order valence-electron chi connectivity index (χ1n) is 4.00. The molecule has 1 aliphatic rings. The average molecular weight is 152 g/mol. The molecular formula is C8H12N2O. The number of aromatic nitrogens is 1. The highest BCUT2D eigenvalue weighted by Crippen LogP contribution is 2.28. The van der Waals surface area contributed by atoms with Crippen molar-refractivity contribution in [3.8, 4) is 0 Å². The number of anilines is 1. The van der Waals surface area contributed by atoms with Gasteiger partial charge in [0, 0.05) is 12.0 Å². The third-order valence-electron chi connectivity index (χ3n) is 2.32. The maximum atomic E-state index is 5.62. The van der Waals surface area contributed by atoms with Crippen LogP contribution >= 0.6 is 0 Å². The third kappa shape index (κ3) is 1.00. The summed E-state index contributed by atoms with van der Waals surface area (Å²) in [5.41, 5.74) is 6.76. The van der Waals surface area contributed by atoms with Crippen LogP contribution < -0.4 is 5.73 Å². The number of nitrogens with two attached hydrogens (primary N) is 1. The Balaban J connectivity index is 2.37. The summed E-state index contributed by atoms with van der Waals surface area (Å²) in [7, 11) is 0. The van der Waals surface area contributed by atoms with E-state index in [9.17, 15) is 0 Å². The van der Waals surface area contributed by atoms with Crippen molar-refractivity contribution in [2.24, 2.45) is 5.92 Å². The van der Waals surface area contributed by atoms with Crippen molar-refractivity contribution < 1.29 is 4.52 Å². The minimum Gasteiger partial charge on any atom is -0.381 e. The Bertz CT molecular complexity index is 267. The van der Waals surface area contributed by atoms with Gasteiger partial charge in [-0.1, -0.05) is 12.1 Å². The van der Waals surface area contributed by atoms with E-state index in [1.165, 1.54) is 6.42 Å². The second-order valence-electron chi connectivity index (χ2n) is 3.32. The summed E-state index contributed by atoms with van der Waals surface area (Å²) in [6.07, 6.45) is 3.23. The Kier molecular flexibility index (Phi) is 1.37. The lowest BCUT2D eigenvalue weighted by molar-refractivity contribution is 0.357. The van der Waals surface area contributed by atoms with Crippen LogP contribution in [0.1, 0.15) is 24.7 Å². The summed E-state index contributed by atoms with van der Waals surface area (Å²) in [6, 6.07) is 0. The molecule has 0 radical (unpaired) electrons. The number of hydrogen-bond acceptors (Lipinski definition) is 3. The predicted octanol–water partition coefficient (Wildman–Crippen LogP) is 1.38. The van der Waals surface area contributed by atoms with E-state index in [1.807, 2.05) is 0 Å². The zero-order valence-corrected chi connectivity index (χ0v) is 6.63. The number of nitrogen functional groups attached to an aromatic ring is 1. The molecule has 0 saturated heterocycles. The van der Waals surface area contributed by atoms with Crippen LogP contribution in [0.25, 0.3) is 0 Å². The number of fused-ring (bicyclic) bond motifs is 1. The van der Waals surface area contributed by atoms with Crippen LogP contribution in [0.15, 0.2) is 4.52 Å². The van der Waals surface area contributed by atoms with Crippen molar-refractivity contribution >= 4 is 5.82 Å². The molecular weight excluding hydrogens is 140 g/mol. The van der Waals surface area contributed by atoms with E-state index in [-0.39, 0.29) is 0 Å². The van der Waals surface area contributed by atoms with Crippen molar-refractivity contribution in [3.63, 3.8) is 0 Å². The summed E-state index contributed by atoms with van der Waals surface area (Å²) >= 11 is 0. The quantitative estimate of drug-likeness (QED) is 0.611. The molecule has 1 aromatic rings. The Morgan fingerprint density at radius 1 is 1.64 bits per heavy atom. The average Bonchev–Trinajstić information content (AvgIpc) is 2.33. The minimum atomic E-state index is 0.589. The van der Waals surface area contributed by atoms with Gasteiger partial charge in [-0.25, -0.2) is 0 Å². The van der Waals surface area contributed by atoms with Crippen molar-refractivity contribution in [1.82, 2.24) is 5.16 Å². The zero-order valence-electron chi connectivity index (χ0n) is 6.63. The normalized spacial score (nSPS) is 23.2. The molecule has 0 saturated carbocycles. The van der Waals surface area contributed by atoms with Gasteiger partial charge in [0.25, 0.3) is 0 Å². The molecule has 0 fully saturated rings. The Hall–Kier alpha value is -0.990. The first-order valence-corrected chi connectivity index (χ1v) is 4.00. The molecule has 1 unspecified atom stereocenters. The standard InChI is InChI=1S/C8H12N2O/c1-5-2-3-7-6(4-5)8(9)10-11-7/h5H,2-4H2,1H3,(H2,9,10). The summed E-state index contributed by atoms with van der Waals surface area (Å²) in [5, 5.41) is 3.74. The van der Waals surface area contributed by atoms with Gasteiger partial charge < -0.3 is 10.3 Å².